The number of hydrogen-bond acceptors (Lipinski definition) is 6. The van der Waals surface area contributed by atoms with Gasteiger partial charge in [-0.15, -0.1) is 0 Å². The predicted octanol–water partition coefficient (Wildman–Crippen LogP) is 7.61. The van der Waals surface area contributed by atoms with Crippen molar-refractivity contribution in [1.82, 2.24) is 5.43 Å². The molecule has 0 saturated carbocycles. The van der Waals surface area contributed by atoms with Crippen LogP contribution in [0.4, 0.5) is 5.69 Å². The van der Waals surface area contributed by atoms with Gasteiger partial charge in [0, 0.05) is 0 Å². The molecule has 4 aromatic rings. The van der Waals surface area contributed by atoms with Crippen LogP contribution < -0.4 is 19.2 Å². The van der Waals surface area contributed by atoms with Crippen molar-refractivity contribution < 1.29 is 22.7 Å². The number of nitrogens with one attached hydrogen (secondary N) is 1. The number of amides is 1. The number of aryl methyl sites for hydroxylation is 3. The van der Waals surface area contributed by atoms with Crippen molar-refractivity contribution >= 4 is 67.0 Å². The average Bonchev–Trinajstić information content (AvgIpc) is 2.96. The highest BCUT2D eigenvalue weighted by Crippen LogP contribution is 2.37. The molecule has 0 aliphatic carbocycles. The summed E-state index contributed by atoms with van der Waals surface area (Å²) in [6.45, 7) is 5.35. The van der Waals surface area contributed by atoms with Crippen LogP contribution in [-0.4, -0.2) is 34.2 Å². The number of ether oxygens (including phenoxy) is 2. The van der Waals surface area contributed by atoms with Crippen molar-refractivity contribution in [2.45, 2.75) is 32.3 Å². The number of carbonyl (C=O) groups is 1. The number of rotatable bonds is 11. The number of sulfonamides is 1. The van der Waals surface area contributed by atoms with E-state index >= 15 is 0 Å². The van der Waals surface area contributed by atoms with E-state index in [1.54, 1.807) is 48.5 Å². The van der Waals surface area contributed by atoms with Crippen LogP contribution in [0.2, 0.25) is 10.0 Å². The van der Waals surface area contributed by atoms with Gasteiger partial charge in [0.05, 0.1) is 38.4 Å². The van der Waals surface area contributed by atoms with E-state index in [-0.39, 0.29) is 11.5 Å². The number of hydrogen-bond donors (Lipinski definition) is 1. The fourth-order valence-electron chi connectivity index (χ4n) is 4.33. The van der Waals surface area contributed by atoms with E-state index in [4.69, 9.17) is 32.7 Å². The Morgan fingerprint density at radius 2 is 1.61 bits per heavy atom. The third-order valence-electron chi connectivity index (χ3n) is 6.41. The number of methoxy groups -OCH3 is 1. The van der Waals surface area contributed by atoms with Crippen LogP contribution in [0.25, 0.3) is 0 Å². The maximum Gasteiger partial charge on any atom is 0.264 e. The Morgan fingerprint density at radius 3 is 2.25 bits per heavy atom. The molecule has 12 heteroatoms. The van der Waals surface area contributed by atoms with Gasteiger partial charge in [-0.25, -0.2) is 13.8 Å². The van der Waals surface area contributed by atoms with E-state index in [1.807, 2.05) is 32.9 Å². The summed E-state index contributed by atoms with van der Waals surface area (Å²) in [4.78, 5) is 13.1. The number of anilines is 1. The number of hydrazone groups is 1. The van der Waals surface area contributed by atoms with E-state index in [1.165, 1.54) is 25.5 Å². The molecule has 8 nitrogen and oxygen atoms in total. The van der Waals surface area contributed by atoms with Gasteiger partial charge in [-0.1, -0.05) is 53.0 Å². The third kappa shape index (κ3) is 8.32. The standard InChI is InChI=1S/C32H30BrCl2N3O5S/c1-20-5-8-26(9-6-20)44(40,41)38(25-12-21(2)11-22(3)13-25)18-31(39)37-36-17-24-14-27(33)32(30(16-24)42-4)43-19-23-7-10-28(34)29(35)15-23/h5-17H,18-19H2,1-4H3,(H,37,39)/b36-17-. The minimum atomic E-state index is -4.06. The Balaban J connectivity index is 1.50. The molecule has 0 atom stereocenters. The molecule has 0 aromatic heterocycles. The van der Waals surface area contributed by atoms with Gasteiger partial charge in [-0.3, -0.25) is 9.10 Å². The lowest BCUT2D eigenvalue weighted by Gasteiger charge is -2.24. The summed E-state index contributed by atoms with van der Waals surface area (Å²) in [7, 11) is -2.55. The van der Waals surface area contributed by atoms with Gasteiger partial charge in [0.2, 0.25) is 0 Å². The molecule has 0 unspecified atom stereocenters. The normalized spacial score (nSPS) is 11.4. The summed E-state index contributed by atoms with van der Waals surface area (Å²) in [6.07, 6.45) is 1.42. The first-order valence-electron chi connectivity index (χ1n) is 13.3. The van der Waals surface area contributed by atoms with Crippen LogP contribution >= 0.6 is 39.1 Å². The summed E-state index contributed by atoms with van der Waals surface area (Å²) < 4.78 is 40.5. The topological polar surface area (TPSA) is 97.3 Å². The lowest BCUT2D eigenvalue weighted by atomic mass is 10.1. The maximum atomic E-state index is 13.7. The Morgan fingerprint density at radius 1 is 0.932 bits per heavy atom. The second-order valence-corrected chi connectivity index (χ2v) is 13.6. The largest absolute Gasteiger partial charge is 0.493 e. The van der Waals surface area contributed by atoms with Gasteiger partial charge < -0.3 is 9.47 Å². The quantitative estimate of drug-likeness (QED) is 0.127. The lowest BCUT2D eigenvalue weighted by molar-refractivity contribution is -0.119. The van der Waals surface area contributed by atoms with Crippen LogP contribution in [0.1, 0.15) is 27.8 Å². The average molecular weight is 719 g/mol. The molecule has 1 N–H and O–H groups in total. The highest BCUT2D eigenvalue weighted by molar-refractivity contribution is 9.10. The molecule has 230 valence electrons. The number of nitrogens with zero attached hydrogens (tertiary/aromatic N) is 2. The number of halogens is 3. The molecular weight excluding hydrogens is 689 g/mol. The van der Waals surface area contributed by atoms with E-state index in [0.29, 0.717) is 37.3 Å². The molecule has 4 aromatic carbocycles. The number of benzene rings is 4. The summed E-state index contributed by atoms with van der Waals surface area (Å²) in [5, 5.41) is 4.94. The van der Waals surface area contributed by atoms with Crippen molar-refractivity contribution in [2.24, 2.45) is 5.10 Å². The smallest absolute Gasteiger partial charge is 0.264 e. The summed E-state index contributed by atoms with van der Waals surface area (Å²) in [5.74, 6) is 0.270. The van der Waals surface area contributed by atoms with E-state index in [0.717, 1.165) is 26.6 Å². The van der Waals surface area contributed by atoms with Gasteiger partial charge in [0.15, 0.2) is 11.5 Å². The zero-order chi connectivity index (χ0) is 32.0. The Bertz CT molecular complexity index is 1800. The third-order valence-corrected chi connectivity index (χ3v) is 9.53. The monoisotopic (exact) mass is 717 g/mol. The van der Waals surface area contributed by atoms with Gasteiger partial charge in [0.1, 0.15) is 13.2 Å². The molecular formula is C32H30BrCl2N3O5S. The zero-order valence-corrected chi connectivity index (χ0v) is 28.3. The summed E-state index contributed by atoms with van der Waals surface area (Å²) in [6, 6.07) is 20.5. The molecule has 0 spiro atoms. The molecule has 0 aliphatic heterocycles. The van der Waals surface area contributed by atoms with Crippen LogP contribution in [0.15, 0.2) is 87.3 Å². The van der Waals surface area contributed by atoms with Crippen LogP contribution in [-0.2, 0) is 21.4 Å². The van der Waals surface area contributed by atoms with E-state index in [9.17, 15) is 13.2 Å². The highest BCUT2D eigenvalue weighted by atomic mass is 79.9. The predicted molar refractivity (Wildman–Crippen MR) is 179 cm³/mol. The first-order chi connectivity index (χ1) is 20.9. The minimum Gasteiger partial charge on any atom is -0.493 e. The molecule has 0 radical (unpaired) electrons. The summed E-state index contributed by atoms with van der Waals surface area (Å²) >= 11 is 15.6. The van der Waals surface area contributed by atoms with Gasteiger partial charge >= 0.3 is 0 Å². The lowest BCUT2D eigenvalue weighted by Crippen LogP contribution is -2.39. The van der Waals surface area contributed by atoms with Gasteiger partial charge in [-0.2, -0.15) is 5.10 Å². The number of carbonyl (C=O) groups excluding carboxylic acids is 1. The highest BCUT2D eigenvalue weighted by Gasteiger charge is 2.27. The van der Waals surface area contributed by atoms with Crippen molar-refractivity contribution in [3.05, 3.63) is 115 Å². The fourth-order valence-corrected chi connectivity index (χ4v) is 6.63. The van der Waals surface area contributed by atoms with Crippen molar-refractivity contribution in [3.63, 3.8) is 0 Å². The van der Waals surface area contributed by atoms with Gasteiger partial charge in [0.25, 0.3) is 15.9 Å². The van der Waals surface area contributed by atoms with E-state index in [2.05, 4.69) is 26.5 Å². The Kier molecular flexibility index (Phi) is 11.0. The van der Waals surface area contributed by atoms with Crippen molar-refractivity contribution in [2.75, 3.05) is 18.0 Å². The molecule has 0 saturated heterocycles. The Hall–Kier alpha value is -3.57. The first-order valence-corrected chi connectivity index (χ1v) is 16.3. The zero-order valence-electron chi connectivity index (χ0n) is 24.4. The first kappa shape index (κ1) is 33.3. The molecule has 1 amide bonds. The van der Waals surface area contributed by atoms with Crippen molar-refractivity contribution in [3.8, 4) is 11.5 Å². The maximum absolute atomic E-state index is 13.7. The molecule has 0 fully saturated rings. The van der Waals surface area contributed by atoms with Gasteiger partial charge in [-0.05, 0) is 107 Å². The van der Waals surface area contributed by atoms with Crippen LogP contribution in [0.3, 0.4) is 0 Å². The summed E-state index contributed by atoms with van der Waals surface area (Å²) in [5.41, 5.74) is 6.88. The SMILES string of the molecule is COc1cc(/C=N\NC(=O)CN(c2cc(C)cc(C)c2)S(=O)(=O)c2ccc(C)cc2)cc(Br)c1OCc1ccc(Cl)c(Cl)c1. The van der Waals surface area contributed by atoms with Crippen LogP contribution in [0.5, 0.6) is 11.5 Å². The molecule has 44 heavy (non-hydrogen) atoms. The molecule has 0 aliphatic rings. The molecule has 4 rings (SSSR count). The fraction of sp³-hybridized carbons (Fsp3) is 0.188. The molecule has 0 heterocycles. The molecule has 0 bridgehead atoms. The minimum absolute atomic E-state index is 0.0805. The van der Waals surface area contributed by atoms with E-state index < -0.39 is 22.5 Å². The Labute approximate surface area is 275 Å². The second-order valence-electron chi connectivity index (χ2n) is 10.0. The van der Waals surface area contributed by atoms with Crippen LogP contribution in [0, 0.1) is 20.8 Å². The van der Waals surface area contributed by atoms with Crippen molar-refractivity contribution in [1.29, 1.82) is 0 Å². The second kappa shape index (κ2) is 14.5.